The minimum Gasteiger partial charge on any atom is -0.490 e. The summed E-state index contributed by atoms with van der Waals surface area (Å²) in [5.41, 5.74) is 3.82. The maximum absolute atomic E-state index is 12.1. The van der Waals surface area contributed by atoms with E-state index in [1.165, 1.54) is 0 Å². The molecule has 0 aliphatic rings. The van der Waals surface area contributed by atoms with E-state index in [2.05, 4.69) is 42.4 Å². The molecule has 0 aliphatic heterocycles. The lowest BCUT2D eigenvalue weighted by atomic mass is 10.2. The Morgan fingerprint density at radius 1 is 1.22 bits per heavy atom. The van der Waals surface area contributed by atoms with E-state index in [-0.39, 0.29) is 12.0 Å². The molecule has 0 heterocycles. The molecule has 0 spiro atoms. The molecular formula is C17H16Br2N2O2. The molecule has 0 unspecified atom stereocenters. The highest BCUT2D eigenvalue weighted by atomic mass is 79.9. The van der Waals surface area contributed by atoms with Crippen molar-refractivity contribution in [1.82, 2.24) is 5.43 Å². The van der Waals surface area contributed by atoms with Crippen molar-refractivity contribution >= 4 is 44.0 Å². The minimum atomic E-state index is -0.282. The van der Waals surface area contributed by atoms with Crippen molar-refractivity contribution in [3.8, 4) is 5.75 Å². The van der Waals surface area contributed by atoms with Crippen LogP contribution in [-0.2, 0) is 0 Å². The summed E-state index contributed by atoms with van der Waals surface area (Å²) >= 11 is 6.76. The molecule has 0 saturated carbocycles. The number of benzene rings is 2. The summed E-state index contributed by atoms with van der Waals surface area (Å²) in [5.74, 6) is 0.428. The molecule has 0 aliphatic carbocycles. The summed E-state index contributed by atoms with van der Waals surface area (Å²) in [5, 5.41) is 4.02. The van der Waals surface area contributed by atoms with E-state index >= 15 is 0 Å². The van der Waals surface area contributed by atoms with Crippen LogP contribution in [0.5, 0.6) is 5.75 Å². The van der Waals surface area contributed by atoms with Gasteiger partial charge in [-0.3, -0.25) is 4.79 Å². The van der Waals surface area contributed by atoms with Crippen LogP contribution in [0.2, 0.25) is 0 Å². The van der Waals surface area contributed by atoms with Gasteiger partial charge >= 0.3 is 0 Å². The molecule has 0 aromatic heterocycles. The summed E-state index contributed by atoms with van der Waals surface area (Å²) in [6, 6.07) is 12.8. The van der Waals surface area contributed by atoms with Gasteiger partial charge in [0.15, 0.2) is 0 Å². The summed E-state index contributed by atoms with van der Waals surface area (Å²) in [4.78, 5) is 12.1. The highest BCUT2D eigenvalue weighted by molar-refractivity contribution is 9.10. The second-order valence-corrected chi connectivity index (χ2v) is 6.80. The predicted octanol–water partition coefficient (Wildman–Crippen LogP) is 4.76. The molecule has 0 radical (unpaired) electrons. The Balaban J connectivity index is 2.13. The number of carbonyl (C=O) groups excluding carboxylic acids is 1. The van der Waals surface area contributed by atoms with Crippen LogP contribution in [0.15, 0.2) is 56.5 Å². The lowest BCUT2D eigenvalue weighted by molar-refractivity contribution is 0.0954. The van der Waals surface area contributed by atoms with Crippen molar-refractivity contribution in [2.45, 2.75) is 20.0 Å². The molecule has 0 bridgehead atoms. The zero-order chi connectivity index (χ0) is 16.8. The first-order chi connectivity index (χ1) is 11.0. The maximum Gasteiger partial charge on any atom is 0.272 e. The van der Waals surface area contributed by atoms with Crippen LogP contribution in [0, 0.1) is 0 Å². The SMILES string of the molecule is CC(C)Oc1ccc(Br)cc1/C=N/NC(=O)c1ccccc1Br. The Hall–Kier alpha value is -1.66. The van der Waals surface area contributed by atoms with Crippen LogP contribution in [0.1, 0.15) is 29.8 Å². The van der Waals surface area contributed by atoms with Gasteiger partial charge in [0.1, 0.15) is 5.75 Å². The molecule has 0 fully saturated rings. The quantitative estimate of drug-likeness (QED) is 0.539. The van der Waals surface area contributed by atoms with Gasteiger partial charge in [0.2, 0.25) is 0 Å². The summed E-state index contributed by atoms with van der Waals surface area (Å²) in [6.07, 6.45) is 1.62. The average Bonchev–Trinajstić information content (AvgIpc) is 2.50. The molecule has 4 nitrogen and oxygen atoms in total. The third kappa shape index (κ3) is 5.18. The van der Waals surface area contributed by atoms with Crippen LogP contribution in [0.3, 0.4) is 0 Å². The van der Waals surface area contributed by atoms with E-state index in [9.17, 15) is 4.79 Å². The number of halogens is 2. The lowest BCUT2D eigenvalue weighted by Crippen LogP contribution is -2.18. The molecule has 2 rings (SSSR count). The number of nitrogens with one attached hydrogen (secondary N) is 1. The first-order valence-corrected chi connectivity index (χ1v) is 8.60. The molecular weight excluding hydrogens is 424 g/mol. The van der Waals surface area contributed by atoms with Crippen LogP contribution >= 0.6 is 31.9 Å². The molecule has 0 saturated heterocycles. The Kier molecular flexibility index (Phi) is 6.36. The highest BCUT2D eigenvalue weighted by Gasteiger charge is 2.08. The van der Waals surface area contributed by atoms with Gasteiger partial charge in [-0.15, -0.1) is 0 Å². The van der Waals surface area contributed by atoms with Gasteiger partial charge in [0.25, 0.3) is 5.91 Å². The van der Waals surface area contributed by atoms with Crippen molar-refractivity contribution in [2.75, 3.05) is 0 Å². The molecule has 1 N–H and O–H groups in total. The van der Waals surface area contributed by atoms with Gasteiger partial charge in [-0.1, -0.05) is 28.1 Å². The molecule has 2 aromatic carbocycles. The predicted molar refractivity (Wildman–Crippen MR) is 99.1 cm³/mol. The fourth-order valence-electron chi connectivity index (χ4n) is 1.85. The minimum absolute atomic E-state index is 0.0539. The second-order valence-electron chi connectivity index (χ2n) is 5.03. The highest BCUT2D eigenvalue weighted by Crippen LogP contribution is 2.23. The van der Waals surface area contributed by atoms with Crippen molar-refractivity contribution in [3.05, 3.63) is 62.5 Å². The monoisotopic (exact) mass is 438 g/mol. The van der Waals surface area contributed by atoms with Gasteiger partial charge < -0.3 is 4.74 Å². The molecule has 120 valence electrons. The number of hydrogen-bond donors (Lipinski definition) is 1. The van der Waals surface area contributed by atoms with Gasteiger partial charge in [0, 0.05) is 14.5 Å². The van der Waals surface area contributed by atoms with Crippen molar-refractivity contribution in [1.29, 1.82) is 0 Å². The normalized spacial score (nSPS) is 11.0. The average molecular weight is 440 g/mol. The zero-order valence-electron chi connectivity index (χ0n) is 12.7. The summed E-state index contributed by atoms with van der Waals surface area (Å²) in [6.45, 7) is 3.91. The molecule has 23 heavy (non-hydrogen) atoms. The van der Waals surface area contributed by atoms with Gasteiger partial charge in [-0.25, -0.2) is 5.43 Å². The van der Waals surface area contributed by atoms with Gasteiger partial charge in [0.05, 0.1) is 17.9 Å². The Labute approximate surface area is 152 Å². The number of amides is 1. The van der Waals surface area contributed by atoms with Crippen molar-refractivity contribution in [2.24, 2.45) is 5.10 Å². The first kappa shape index (κ1) is 17.7. The van der Waals surface area contributed by atoms with Crippen LogP contribution in [0.25, 0.3) is 0 Å². The smallest absolute Gasteiger partial charge is 0.272 e. The van der Waals surface area contributed by atoms with Gasteiger partial charge in [-0.2, -0.15) is 5.10 Å². The van der Waals surface area contributed by atoms with Crippen LogP contribution < -0.4 is 10.2 Å². The molecule has 6 heteroatoms. The standard InChI is InChI=1S/C17H16Br2N2O2/c1-11(2)23-16-8-7-13(18)9-12(16)10-20-21-17(22)14-5-3-4-6-15(14)19/h3-11H,1-2H3,(H,21,22)/b20-10+. The Morgan fingerprint density at radius 3 is 2.65 bits per heavy atom. The fourth-order valence-corrected chi connectivity index (χ4v) is 2.69. The van der Waals surface area contributed by atoms with E-state index in [0.717, 1.165) is 14.5 Å². The number of hydrazone groups is 1. The van der Waals surface area contributed by atoms with Gasteiger partial charge in [-0.05, 0) is 60.1 Å². The first-order valence-electron chi connectivity index (χ1n) is 7.01. The molecule has 0 atom stereocenters. The van der Waals surface area contributed by atoms with E-state index < -0.39 is 0 Å². The van der Waals surface area contributed by atoms with Crippen molar-refractivity contribution in [3.63, 3.8) is 0 Å². The number of hydrogen-bond acceptors (Lipinski definition) is 3. The third-order valence-electron chi connectivity index (χ3n) is 2.82. The molecule has 1 amide bonds. The van der Waals surface area contributed by atoms with E-state index in [1.54, 1.807) is 18.3 Å². The number of carbonyl (C=O) groups is 1. The third-order valence-corrected chi connectivity index (χ3v) is 4.01. The fraction of sp³-hybridized carbons (Fsp3) is 0.176. The largest absolute Gasteiger partial charge is 0.490 e. The van der Waals surface area contributed by atoms with E-state index in [0.29, 0.717) is 11.3 Å². The summed E-state index contributed by atoms with van der Waals surface area (Å²) in [7, 11) is 0. The summed E-state index contributed by atoms with van der Waals surface area (Å²) < 4.78 is 7.36. The Morgan fingerprint density at radius 2 is 1.96 bits per heavy atom. The van der Waals surface area contributed by atoms with E-state index in [1.807, 2.05) is 44.2 Å². The number of rotatable bonds is 5. The Bertz CT molecular complexity index is 730. The lowest BCUT2D eigenvalue weighted by Gasteiger charge is -2.12. The maximum atomic E-state index is 12.1. The second kappa shape index (κ2) is 8.26. The van der Waals surface area contributed by atoms with E-state index in [4.69, 9.17) is 4.74 Å². The number of nitrogens with zero attached hydrogens (tertiary/aromatic N) is 1. The van der Waals surface area contributed by atoms with Crippen LogP contribution in [0.4, 0.5) is 0 Å². The van der Waals surface area contributed by atoms with Crippen LogP contribution in [-0.4, -0.2) is 18.2 Å². The number of ether oxygens (including phenoxy) is 1. The van der Waals surface area contributed by atoms with Crippen molar-refractivity contribution < 1.29 is 9.53 Å². The molecule has 2 aromatic rings. The topological polar surface area (TPSA) is 50.7 Å². The zero-order valence-corrected chi connectivity index (χ0v) is 15.9.